The Morgan fingerprint density at radius 2 is 1.97 bits per heavy atom. The number of hydrogen-bond donors (Lipinski definition) is 1. The minimum atomic E-state index is -0.0786. The predicted molar refractivity (Wildman–Crippen MR) is 119 cm³/mol. The Labute approximate surface area is 179 Å². The van der Waals surface area contributed by atoms with Gasteiger partial charge in [0.15, 0.2) is 11.0 Å². The smallest absolute Gasteiger partial charge is 0.234 e. The van der Waals surface area contributed by atoms with E-state index in [1.807, 2.05) is 54.3 Å². The summed E-state index contributed by atoms with van der Waals surface area (Å²) in [5.74, 6) is 1.69. The Balaban J connectivity index is 1.51. The number of aryl methyl sites for hydroxylation is 1. The third-order valence-electron chi connectivity index (χ3n) is 4.31. The van der Waals surface area contributed by atoms with Gasteiger partial charge in [-0.1, -0.05) is 36.9 Å². The molecule has 1 aromatic heterocycles. The molecule has 29 heavy (non-hydrogen) atoms. The Bertz CT molecular complexity index is 958. The summed E-state index contributed by atoms with van der Waals surface area (Å²) in [6, 6.07) is 15.8. The number of nitrogens with one attached hydrogen (secondary N) is 1. The molecule has 1 amide bonds. The van der Waals surface area contributed by atoms with E-state index in [1.165, 1.54) is 17.3 Å². The summed E-state index contributed by atoms with van der Waals surface area (Å²) in [7, 11) is 1.88. The van der Waals surface area contributed by atoms with Gasteiger partial charge in [0.05, 0.1) is 5.75 Å². The van der Waals surface area contributed by atoms with Crippen molar-refractivity contribution in [3.05, 3.63) is 59.9 Å². The van der Waals surface area contributed by atoms with Crippen molar-refractivity contribution >= 4 is 35.1 Å². The van der Waals surface area contributed by atoms with Crippen LogP contribution in [0, 0.1) is 0 Å². The van der Waals surface area contributed by atoms with Crippen LogP contribution in [0.1, 0.15) is 18.3 Å². The van der Waals surface area contributed by atoms with E-state index in [1.54, 1.807) is 11.8 Å². The van der Waals surface area contributed by atoms with Gasteiger partial charge in [-0.05, 0) is 48.6 Å². The highest BCUT2D eigenvalue weighted by molar-refractivity contribution is 7.99. The van der Waals surface area contributed by atoms with Crippen LogP contribution in [0.4, 0.5) is 5.69 Å². The van der Waals surface area contributed by atoms with E-state index >= 15 is 0 Å². The molecular formula is C21H24N4O2S2. The number of amides is 1. The second-order valence-electron chi connectivity index (χ2n) is 6.31. The maximum absolute atomic E-state index is 12.2. The van der Waals surface area contributed by atoms with Crippen LogP contribution in [-0.4, -0.2) is 32.7 Å². The molecule has 3 aromatic rings. The minimum absolute atomic E-state index is 0.0786. The Kier molecular flexibility index (Phi) is 7.60. The molecule has 0 fully saturated rings. The van der Waals surface area contributed by atoms with Crippen molar-refractivity contribution in [3.8, 4) is 5.75 Å². The molecule has 0 unspecified atom stereocenters. The van der Waals surface area contributed by atoms with Gasteiger partial charge in [-0.3, -0.25) is 4.79 Å². The lowest BCUT2D eigenvalue weighted by Crippen LogP contribution is -2.14. The molecule has 0 spiro atoms. The number of aromatic nitrogens is 3. The number of ether oxygens (including phenoxy) is 1. The molecule has 152 valence electrons. The second-order valence-corrected chi connectivity index (χ2v) is 8.13. The molecule has 1 heterocycles. The van der Waals surface area contributed by atoms with Crippen LogP contribution >= 0.6 is 23.5 Å². The maximum Gasteiger partial charge on any atom is 0.234 e. The quantitative estimate of drug-likeness (QED) is 0.509. The van der Waals surface area contributed by atoms with Gasteiger partial charge >= 0.3 is 0 Å². The topological polar surface area (TPSA) is 69.0 Å². The number of nitrogens with zero attached hydrogens (tertiary/aromatic N) is 3. The number of carbonyl (C=O) groups excluding carboxylic acids is 1. The zero-order valence-corrected chi connectivity index (χ0v) is 18.3. The van der Waals surface area contributed by atoms with E-state index in [-0.39, 0.29) is 11.7 Å². The van der Waals surface area contributed by atoms with Crippen LogP contribution in [0.25, 0.3) is 0 Å². The van der Waals surface area contributed by atoms with Gasteiger partial charge < -0.3 is 14.6 Å². The zero-order chi connectivity index (χ0) is 20.6. The summed E-state index contributed by atoms with van der Waals surface area (Å²) >= 11 is 2.99. The Hall–Kier alpha value is -2.45. The summed E-state index contributed by atoms with van der Waals surface area (Å²) in [5.41, 5.74) is 2.07. The average Bonchev–Trinajstić information content (AvgIpc) is 3.10. The number of rotatable bonds is 9. The number of hydrogen-bond acceptors (Lipinski definition) is 6. The molecule has 0 saturated carbocycles. The lowest BCUT2D eigenvalue weighted by Gasteiger charge is -2.08. The highest BCUT2D eigenvalue weighted by Crippen LogP contribution is 2.21. The number of benzene rings is 2. The molecular weight excluding hydrogens is 404 g/mol. The molecule has 0 aliphatic heterocycles. The van der Waals surface area contributed by atoms with Crippen molar-refractivity contribution in [2.24, 2.45) is 7.05 Å². The average molecular weight is 429 g/mol. The monoisotopic (exact) mass is 428 g/mol. The lowest BCUT2D eigenvalue weighted by molar-refractivity contribution is -0.113. The third kappa shape index (κ3) is 6.01. The van der Waals surface area contributed by atoms with Gasteiger partial charge in [-0.15, -0.1) is 22.0 Å². The standard InChI is InChI=1S/C21H24N4O2S2/c1-4-15-8-10-17(11-9-15)27-13-19-23-24-21(25(19)2)29-14-20(26)22-16-6-5-7-18(12-16)28-3/h5-12H,4,13-14H2,1-3H3,(H,22,26). The van der Waals surface area contributed by atoms with Gasteiger partial charge in [-0.25, -0.2) is 0 Å². The van der Waals surface area contributed by atoms with Gasteiger partial charge in [0.2, 0.25) is 5.91 Å². The van der Waals surface area contributed by atoms with Gasteiger partial charge in [0.1, 0.15) is 12.4 Å². The highest BCUT2D eigenvalue weighted by atomic mass is 32.2. The van der Waals surface area contributed by atoms with Crippen LogP contribution in [0.15, 0.2) is 58.6 Å². The third-order valence-corrected chi connectivity index (χ3v) is 6.06. The highest BCUT2D eigenvalue weighted by Gasteiger charge is 2.12. The maximum atomic E-state index is 12.2. The van der Waals surface area contributed by atoms with E-state index in [4.69, 9.17) is 4.74 Å². The van der Waals surface area contributed by atoms with Crippen molar-refractivity contribution in [1.82, 2.24) is 14.8 Å². The van der Waals surface area contributed by atoms with Crippen molar-refractivity contribution < 1.29 is 9.53 Å². The fourth-order valence-electron chi connectivity index (χ4n) is 2.59. The fourth-order valence-corrected chi connectivity index (χ4v) is 3.78. The number of carbonyl (C=O) groups is 1. The molecule has 3 rings (SSSR count). The van der Waals surface area contributed by atoms with Crippen molar-refractivity contribution in [2.45, 2.75) is 30.0 Å². The first-order valence-electron chi connectivity index (χ1n) is 9.25. The van der Waals surface area contributed by atoms with Gasteiger partial charge in [-0.2, -0.15) is 0 Å². The first-order valence-corrected chi connectivity index (χ1v) is 11.5. The van der Waals surface area contributed by atoms with Crippen LogP contribution < -0.4 is 10.1 Å². The molecule has 8 heteroatoms. The second kappa shape index (κ2) is 10.4. The fraction of sp³-hybridized carbons (Fsp3) is 0.286. The van der Waals surface area contributed by atoms with Crippen molar-refractivity contribution in [2.75, 3.05) is 17.3 Å². The normalized spacial score (nSPS) is 10.7. The van der Waals surface area contributed by atoms with Gasteiger partial charge in [0, 0.05) is 17.6 Å². The summed E-state index contributed by atoms with van der Waals surface area (Å²) in [6.07, 6.45) is 3.01. The Morgan fingerprint density at radius 1 is 1.17 bits per heavy atom. The SMILES string of the molecule is CCc1ccc(OCc2nnc(SCC(=O)Nc3cccc(SC)c3)n2C)cc1. The predicted octanol–water partition coefficient (Wildman–Crippen LogP) is 4.41. The van der Waals surface area contributed by atoms with Crippen LogP contribution in [0.3, 0.4) is 0 Å². The van der Waals surface area contributed by atoms with E-state index in [0.717, 1.165) is 22.8 Å². The summed E-state index contributed by atoms with van der Waals surface area (Å²) in [6.45, 7) is 2.44. The van der Waals surface area contributed by atoms with Crippen molar-refractivity contribution in [3.63, 3.8) is 0 Å². The molecule has 0 radical (unpaired) electrons. The van der Waals surface area contributed by atoms with E-state index in [0.29, 0.717) is 17.6 Å². The minimum Gasteiger partial charge on any atom is -0.486 e. The van der Waals surface area contributed by atoms with E-state index in [9.17, 15) is 4.79 Å². The molecule has 0 atom stereocenters. The number of anilines is 1. The summed E-state index contributed by atoms with van der Waals surface area (Å²) in [5, 5.41) is 11.9. The molecule has 0 aliphatic carbocycles. The molecule has 0 saturated heterocycles. The lowest BCUT2D eigenvalue weighted by atomic mass is 10.2. The first-order chi connectivity index (χ1) is 14.1. The zero-order valence-electron chi connectivity index (χ0n) is 16.7. The largest absolute Gasteiger partial charge is 0.486 e. The summed E-state index contributed by atoms with van der Waals surface area (Å²) < 4.78 is 7.65. The van der Waals surface area contributed by atoms with Crippen LogP contribution in [-0.2, 0) is 24.9 Å². The first kappa shape index (κ1) is 21.3. The van der Waals surface area contributed by atoms with Gasteiger partial charge in [0.25, 0.3) is 0 Å². The van der Waals surface area contributed by atoms with Crippen molar-refractivity contribution in [1.29, 1.82) is 0 Å². The molecule has 0 bridgehead atoms. The molecule has 2 aromatic carbocycles. The summed E-state index contributed by atoms with van der Waals surface area (Å²) in [4.78, 5) is 13.4. The van der Waals surface area contributed by atoms with E-state index in [2.05, 4.69) is 34.6 Å². The Morgan fingerprint density at radius 3 is 2.69 bits per heavy atom. The molecule has 1 N–H and O–H groups in total. The number of thioether (sulfide) groups is 2. The molecule has 6 nitrogen and oxygen atoms in total. The van der Waals surface area contributed by atoms with Crippen LogP contribution in [0.5, 0.6) is 5.75 Å². The molecule has 0 aliphatic rings. The van der Waals surface area contributed by atoms with E-state index < -0.39 is 0 Å². The van der Waals surface area contributed by atoms with Crippen LogP contribution in [0.2, 0.25) is 0 Å².